The number of rotatable bonds is 4. The van der Waals surface area contributed by atoms with Gasteiger partial charge in [0.2, 0.25) is 10.0 Å². The molecule has 1 saturated heterocycles. The molecule has 1 aliphatic rings. The van der Waals surface area contributed by atoms with Gasteiger partial charge in [-0.05, 0) is 31.2 Å². The van der Waals surface area contributed by atoms with Gasteiger partial charge in [-0.2, -0.15) is 4.31 Å². The molecule has 0 aromatic carbocycles. The van der Waals surface area contributed by atoms with Crippen molar-refractivity contribution in [1.29, 1.82) is 0 Å². The van der Waals surface area contributed by atoms with Crippen LogP contribution in [0.25, 0.3) is 0 Å². The summed E-state index contributed by atoms with van der Waals surface area (Å²) in [6, 6.07) is -0.222. The standard InChI is InChI=1S/C13H19NO5S2/c1-8-7-20-11(13(15)18-4)12(8)21(16,17)14(3)10-5-6-19-9(10)2/h7,9-10H,5-6H2,1-4H3. The minimum Gasteiger partial charge on any atom is -0.465 e. The second kappa shape index (κ2) is 6.04. The molecule has 0 radical (unpaired) electrons. The average molecular weight is 333 g/mol. The Balaban J connectivity index is 2.44. The molecule has 2 rings (SSSR count). The second-order valence-corrected chi connectivity index (χ2v) is 7.84. The van der Waals surface area contributed by atoms with E-state index in [4.69, 9.17) is 4.74 Å². The van der Waals surface area contributed by atoms with Gasteiger partial charge in [-0.1, -0.05) is 0 Å². The summed E-state index contributed by atoms with van der Waals surface area (Å²) in [5, 5.41) is 1.65. The number of nitrogens with zero attached hydrogens (tertiary/aromatic N) is 1. The van der Waals surface area contributed by atoms with E-state index >= 15 is 0 Å². The minimum atomic E-state index is -3.77. The Morgan fingerprint density at radius 1 is 1.52 bits per heavy atom. The number of thiophene rings is 1. The maximum atomic E-state index is 12.9. The molecule has 0 N–H and O–H groups in total. The molecular formula is C13H19NO5S2. The highest BCUT2D eigenvalue weighted by atomic mass is 32.2. The molecule has 0 saturated carbocycles. The van der Waals surface area contributed by atoms with Crippen LogP contribution in [0.1, 0.15) is 28.6 Å². The van der Waals surface area contributed by atoms with Crippen molar-refractivity contribution >= 4 is 27.3 Å². The zero-order chi connectivity index (χ0) is 15.8. The van der Waals surface area contributed by atoms with Crippen LogP contribution in [-0.4, -0.2) is 51.6 Å². The van der Waals surface area contributed by atoms with E-state index in [-0.39, 0.29) is 21.9 Å². The van der Waals surface area contributed by atoms with E-state index in [1.807, 2.05) is 6.92 Å². The van der Waals surface area contributed by atoms with E-state index in [1.54, 1.807) is 12.3 Å². The lowest BCUT2D eigenvalue weighted by molar-refractivity contribution is 0.0602. The SMILES string of the molecule is COC(=O)c1scc(C)c1S(=O)(=O)N(C)C1CCOC1C. The Morgan fingerprint density at radius 2 is 2.19 bits per heavy atom. The van der Waals surface area contributed by atoms with Crippen molar-refractivity contribution in [3.63, 3.8) is 0 Å². The first-order valence-corrected chi connectivity index (χ1v) is 8.88. The van der Waals surface area contributed by atoms with Gasteiger partial charge in [0, 0.05) is 13.7 Å². The molecule has 8 heteroatoms. The molecule has 118 valence electrons. The van der Waals surface area contributed by atoms with Gasteiger partial charge in [0.1, 0.15) is 9.77 Å². The van der Waals surface area contributed by atoms with Crippen LogP contribution in [0.15, 0.2) is 10.3 Å². The van der Waals surface area contributed by atoms with Crippen molar-refractivity contribution in [3.05, 3.63) is 15.8 Å². The van der Waals surface area contributed by atoms with Crippen molar-refractivity contribution in [2.24, 2.45) is 0 Å². The molecule has 6 nitrogen and oxygen atoms in total. The summed E-state index contributed by atoms with van der Waals surface area (Å²) in [4.78, 5) is 11.9. The van der Waals surface area contributed by atoms with Crippen LogP contribution in [0.2, 0.25) is 0 Å². The van der Waals surface area contributed by atoms with Crippen molar-refractivity contribution in [1.82, 2.24) is 4.31 Å². The Kier molecular flexibility index (Phi) is 4.72. The molecule has 2 unspecified atom stereocenters. The van der Waals surface area contributed by atoms with Gasteiger partial charge in [0.25, 0.3) is 0 Å². The van der Waals surface area contributed by atoms with Crippen molar-refractivity contribution in [2.75, 3.05) is 20.8 Å². The van der Waals surface area contributed by atoms with Gasteiger partial charge < -0.3 is 9.47 Å². The van der Waals surface area contributed by atoms with Crippen LogP contribution in [0.4, 0.5) is 0 Å². The molecule has 1 aromatic rings. The predicted octanol–water partition coefficient (Wildman–Crippen LogP) is 1.64. The van der Waals surface area contributed by atoms with E-state index < -0.39 is 16.0 Å². The van der Waals surface area contributed by atoms with Gasteiger partial charge in [0.05, 0.1) is 19.3 Å². The Bertz CT molecular complexity index is 637. The zero-order valence-corrected chi connectivity index (χ0v) is 14.1. The van der Waals surface area contributed by atoms with E-state index in [1.165, 1.54) is 18.5 Å². The fourth-order valence-electron chi connectivity index (χ4n) is 2.51. The Hall–Kier alpha value is -0.960. The first-order chi connectivity index (χ1) is 9.80. The minimum absolute atomic E-state index is 0.0425. The third-order valence-electron chi connectivity index (χ3n) is 3.73. The maximum absolute atomic E-state index is 12.9. The molecule has 0 amide bonds. The summed E-state index contributed by atoms with van der Waals surface area (Å²) in [6.07, 6.45) is 0.485. The van der Waals surface area contributed by atoms with Crippen LogP contribution in [0, 0.1) is 6.92 Å². The summed E-state index contributed by atoms with van der Waals surface area (Å²) in [5.74, 6) is -0.629. The lowest BCUT2D eigenvalue weighted by atomic mass is 10.2. The lowest BCUT2D eigenvalue weighted by Crippen LogP contribution is -2.41. The monoisotopic (exact) mass is 333 g/mol. The summed E-state index contributed by atoms with van der Waals surface area (Å²) >= 11 is 1.08. The topological polar surface area (TPSA) is 72.9 Å². The van der Waals surface area contributed by atoms with Crippen molar-refractivity contribution in [3.8, 4) is 0 Å². The van der Waals surface area contributed by atoms with Crippen molar-refractivity contribution < 1.29 is 22.7 Å². The van der Waals surface area contributed by atoms with Gasteiger partial charge in [-0.15, -0.1) is 11.3 Å². The van der Waals surface area contributed by atoms with Crippen molar-refractivity contribution in [2.45, 2.75) is 37.3 Å². The number of methoxy groups -OCH3 is 1. The summed E-state index contributed by atoms with van der Waals surface area (Å²) in [6.45, 7) is 4.07. The van der Waals surface area contributed by atoms with E-state index in [0.717, 1.165) is 11.3 Å². The molecule has 1 aromatic heterocycles. The summed E-state index contributed by atoms with van der Waals surface area (Å²) < 4.78 is 37.1. The normalized spacial score (nSPS) is 22.7. The molecule has 1 fully saturated rings. The number of aryl methyl sites for hydroxylation is 1. The van der Waals surface area contributed by atoms with Gasteiger partial charge in [-0.25, -0.2) is 13.2 Å². The molecule has 2 atom stereocenters. The molecule has 1 aliphatic heterocycles. The number of esters is 1. The van der Waals surface area contributed by atoms with E-state index in [0.29, 0.717) is 18.6 Å². The van der Waals surface area contributed by atoms with Crippen LogP contribution >= 0.6 is 11.3 Å². The molecule has 0 spiro atoms. The summed E-state index contributed by atoms with van der Waals surface area (Å²) in [5.41, 5.74) is 0.554. The van der Waals surface area contributed by atoms with E-state index in [2.05, 4.69) is 4.74 Å². The molecule has 2 heterocycles. The molecule has 21 heavy (non-hydrogen) atoms. The largest absolute Gasteiger partial charge is 0.465 e. The third-order valence-corrected chi connectivity index (χ3v) is 7.01. The third kappa shape index (κ3) is 2.85. The number of hydrogen-bond donors (Lipinski definition) is 0. The lowest BCUT2D eigenvalue weighted by Gasteiger charge is -2.26. The second-order valence-electron chi connectivity index (χ2n) is 5.02. The highest BCUT2D eigenvalue weighted by molar-refractivity contribution is 7.89. The zero-order valence-electron chi connectivity index (χ0n) is 12.5. The smallest absolute Gasteiger partial charge is 0.349 e. The highest BCUT2D eigenvalue weighted by Crippen LogP contribution is 2.32. The fourth-order valence-corrected chi connectivity index (χ4v) is 5.61. The number of sulfonamides is 1. The number of likely N-dealkylation sites (N-methyl/N-ethyl adjacent to an activating group) is 1. The van der Waals surface area contributed by atoms with Crippen LogP contribution < -0.4 is 0 Å². The molecule has 0 aliphatic carbocycles. The first-order valence-electron chi connectivity index (χ1n) is 6.56. The highest BCUT2D eigenvalue weighted by Gasteiger charge is 2.38. The van der Waals surface area contributed by atoms with Crippen LogP contribution in [0.5, 0.6) is 0 Å². The fraction of sp³-hybridized carbons (Fsp3) is 0.615. The quantitative estimate of drug-likeness (QED) is 0.783. The number of carbonyl (C=O) groups is 1. The van der Waals surface area contributed by atoms with E-state index in [9.17, 15) is 13.2 Å². The molecule has 0 bridgehead atoms. The molecular weight excluding hydrogens is 314 g/mol. The Labute approximate surface area is 128 Å². The summed E-state index contributed by atoms with van der Waals surface area (Å²) in [7, 11) is -0.994. The van der Waals surface area contributed by atoms with Crippen LogP contribution in [0.3, 0.4) is 0 Å². The predicted molar refractivity (Wildman–Crippen MR) is 79.2 cm³/mol. The number of carbonyl (C=O) groups excluding carboxylic acids is 1. The maximum Gasteiger partial charge on any atom is 0.349 e. The van der Waals surface area contributed by atoms with Crippen LogP contribution in [-0.2, 0) is 19.5 Å². The first kappa shape index (κ1) is 16.4. The Morgan fingerprint density at radius 3 is 2.71 bits per heavy atom. The number of ether oxygens (including phenoxy) is 2. The van der Waals surface area contributed by atoms with Gasteiger partial charge in [0.15, 0.2) is 0 Å². The average Bonchev–Trinajstić information content (AvgIpc) is 3.03. The van der Waals surface area contributed by atoms with Gasteiger partial charge >= 0.3 is 5.97 Å². The van der Waals surface area contributed by atoms with Gasteiger partial charge in [-0.3, -0.25) is 0 Å². The number of hydrogen-bond acceptors (Lipinski definition) is 6.